The maximum atomic E-state index is 2.62. The Balaban J connectivity index is 2.25. The van der Waals surface area contributed by atoms with Gasteiger partial charge in [0.25, 0.3) is 0 Å². The van der Waals surface area contributed by atoms with Crippen molar-refractivity contribution >= 4 is 7.26 Å². The summed E-state index contributed by atoms with van der Waals surface area (Å²) in [6, 6.07) is 0. The molecule has 18 heavy (non-hydrogen) atoms. The monoisotopic (exact) mass is 265 g/mol. The fraction of sp³-hybridized carbons (Fsp3) is 0.765. The van der Waals surface area contributed by atoms with E-state index in [1.807, 2.05) is 5.57 Å². The van der Waals surface area contributed by atoms with Crippen LogP contribution in [0.5, 0.6) is 0 Å². The van der Waals surface area contributed by atoms with E-state index in [2.05, 4.69) is 45.7 Å². The Morgan fingerprint density at radius 1 is 1.22 bits per heavy atom. The molecule has 2 aliphatic carbocycles. The van der Waals surface area contributed by atoms with E-state index in [0.29, 0.717) is 0 Å². The number of rotatable bonds is 4. The smallest absolute Gasteiger partial charge is 0.0803 e. The first kappa shape index (κ1) is 14.3. The molecule has 0 aliphatic heterocycles. The zero-order valence-electron chi connectivity index (χ0n) is 12.7. The molecule has 2 aliphatic rings. The molecule has 1 fully saturated rings. The second kappa shape index (κ2) is 5.91. The summed E-state index contributed by atoms with van der Waals surface area (Å²) >= 11 is 0. The van der Waals surface area contributed by atoms with Crippen molar-refractivity contribution in [1.82, 2.24) is 0 Å². The molecule has 102 valence electrons. The Morgan fingerprint density at radius 3 is 2.50 bits per heavy atom. The number of hydrogen-bond acceptors (Lipinski definition) is 0. The molecular weight excluding hydrogens is 235 g/mol. The lowest BCUT2D eigenvalue weighted by atomic mass is 9.85. The van der Waals surface area contributed by atoms with E-state index >= 15 is 0 Å². The fourth-order valence-electron chi connectivity index (χ4n) is 3.92. The van der Waals surface area contributed by atoms with E-state index in [4.69, 9.17) is 0 Å². The average Bonchev–Trinajstić information content (AvgIpc) is 2.84. The third-order valence-corrected chi connectivity index (χ3v) is 10.6. The van der Waals surface area contributed by atoms with Crippen molar-refractivity contribution in [3.63, 3.8) is 0 Å². The molecule has 0 aromatic heterocycles. The van der Waals surface area contributed by atoms with E-state index in [9.17, 15) is 0 Å². The van der Waals surface area contributed by atoms with Crippen molar-refractivity contribution in [2.24, 2.45) is 11.8 Å². The number of hydrogen-bond donors (Lipinski definition) is 0. The van der Waals surface area contributed by atoms with Crippen molar-refractivity contribution in [2.45, 2.75) is 52.1 Å². The third-order valence-electron chi connectivity index (χ3n) is 5.66. The predicted molar refractivity (Wildman–Crippen MR) is 86.1 cm³/mol. The summed E-state index contributed by atoms with van der Waals surface area (Å²) in [6.07, 6.45) is 15.7. The number of allylic oxidation sites excluding steroid dienone is 4. The van der Waals surface area contributed by atoms with E-state index in [1.165, 1.54) is 38.0 Å². The molecule has 0 radical (unpaired) electrons. The quantitative estimate of drug-likeness (QED) is 0.600. The first-order chi connectivity index (χ1) is 8.62. The van der Waals surface area contributed by atoms with Crippen molar-refractivity contribution in [3.05, 3.63) is 23.8 Å². The molecule has 0 aromatic rings. The highest BCUT2D eigenvalue weighted by Gasteiger charge is 2.43. The lowest BCUT2D eigenvalue weighted by molar-refractivity contribution is 0.467. The molecule has 0 aromatic carbocycles. The van der Waals surface area contributed by atoms with E-state index < -0.39 is 7.26 Å². The van der Waals surface area contributed by atoms with Crippen LogP contribution in [-0.2, 0) is 0 Å². The average molecular weight is 265 g/mol. The van der Waals surface area contributed by atoms with E-state index in [0.717, 1.165) is 17.5 Å². The minimum absolute atomic E-state index is 0.761. The van der Waals surface area contributed by atoms with Gasteiger partial charge in [-0.25, -0.2) is 0 Å². The molecule has 0 spiro atoms. The first-order valence-electron chi connectivity index (χ1n) is 7.83. The molecule has 3 unspecified atom stereocenters. The summed E-state index contributed by atoms with van der Waals surface area (Å²) < 4.78 is 0. The van der Waals surface area contributed by atoms with Gasteiger partial charge in [-0.15, -0.1) is 0 Å². The van der Waals surface area contributed by atoms with Crippen LogP contribution in [0.2, 0.25) is 0 Å². The second-order valence-corrected chi connectivity index (χ2v) is 11.3. The van der Waals surface area contributed by atoms with Gasteiger partial charge >= 0.3 is 0 Å². The maximum Gasteiger partial charge on any atom is 0.0942 e. The van der Waals surface area contributed by atoms with Gasteiger partial charge in [0.2, 0.25) is 0 Å². The molecule has 1 heteroatoms. The summed E-state index contributed by atoms with van der Waals surface area (Å²) in [5, 5.41) is 0. The van der Waals surface area contributed by atoms with Crippen molar-refractivity contribution in [1.29, 1.82) is 0 Å². The van der Waals surface area contributed by atoms with Crippen LogP contribution in [0.4, 0.5) is 0 Å². The largest absolute Gasteiger partial charge is 0.0942 e. The summed E-state index contributed by atoms with van der Waals surface area (Å²) in [5.74, 6) is 1.82. The lowest BCUT2D eigenvalue weighted by Gasteiger charge is -2.36. The summed E-state index contributed by atoms with van der Waals surface area (Å²) in [4.78, 5) is 0. The van der Waals surface area contributed by atoms with Crippen molar-refractivity contribution in [3.8, 4) is 0 Å². The van der Waals surface area contributed by atoms with Crippen LogP contribution >= 0.6 is 7.26 Å². The SMILES string of the molecule is CC[P+](C)(CC)C1CC=CC=C1C1CCCC1C. The van der Waals surface area contributed by atoms with Crippen LogP contribution in [-0.4, -0.2) is 24.6 Å². The molecule has 0 amide bonds. The topological polar surface area (TPSA) is 0 Å². The van der Waals surface area contributed by atoms with Crippen LogP contribution in [0.3, 0.4) is 0 Å². The Labute approximate surface area is 114 Å². The predicted octanol–water partition coefficient (Wildman–Crippen LogP) is 5.36. The summed E-state index contributed by atoms with van der Waals surface area (Å²) in [5.41, 5.74) is 2.74. The highest BCUT2D eigenvalue weighted by atomic mass is 31.2. The Kier molecular flexibility index (Phi) is 4.70. The van der Waals surface area contributed by atoms with Gasteiger partial charge < -0.3 is 0 Å². The third kappa shape index (κ3) is 2.60. The molecule has 3 atom stereocenters. The van der Waals surface area contributed by atoms with Crippen molar-refractivity contribution < 1.29 is 0 Å². The van der Waals surface area contributed by atoms with Crippen LogP contribution in [0.15, 0.2) is 23.8 Å². The van der Waals surface area contributed by atoms with Gasteiger partial charge in [0.1, 0.15) is 0 Å². The molecule has 0 heterocycles. The summed E-state index contributed by atoms with van der Waals surface area (Å²) in [6.45, 7) is 9.93. The van der Waals surface area contributed by atoms with Crippen LogP contribution in [0.1, 0.15) is 46.5 Å². The molecular formula is C17H30P+. The van der Waals surface area contributed by atoms with Gasteiger partial charge in [-0.3, -0.25) is 0 Å². The highest BCUT2D eigenvalue weighted by Crippen LogP contribution is 2.64. The van der Waals surface area contributed by atoms with Gasteiger partial charge in [0.05, 0.1) is 18.0 Å². The standard InChI is InChI=1S/C17H30P/c1-5-18(4,6-2)17-13-8-7-11-16(17)15-12-9-10-14(15)3/h7-8,11,14-15,17H,5-6,9-10,12-13H2,1-4H3/q+1. The minimum atomic E-state index is -0.761. The molecule has 0 saturated heterocycles. The van der Waals surface area contributed by atoms with Crippen molar-refractivity contribution in [2.75, 3.05) is 19.0 Å². The van der Waals surface area contributed by atoms with E-state index in [-0.39, 0.29) is 0 Å². The maximum absolute atomic E-state index is 2.62. The fourth-order valence-corrected chi connectivity index (χ4v) is 6.88. The van der Waals surface area contributed by atoms with E-state index in [1.54, 1.807) is 0 Å². The molecule has 2 rings (SSSR count). The Bertz CT molecular complexity index is 336. The lowest BCUT2D eigenvalue weighted by Crippen LogP contribution is -2.26. The van der Waals surface area contributed by atoms with Gasteiger partial charge in [0, 0.05) is 20.3 Å². The van der Waals surface area contributed by atoms with Crippen LogP contribution in [0, 0.1) is 11.8 Å². The zero-order valence-corrected chi connectivity index (χ0v) is 13.5. The Morgan fingerprint density at radius 2 is 1.94 bits per heavy atom. The van der Waals surface area contributed by atoms with Crippen LogP contribution < -0.4 is 0 Å². The Hall–Kier alpha value is -0.0900. The van der Waals surface area contributed by atoms with Gasteiger partial charge in [-0.1, -0.05) is 38.0 Å². The highest BCUT2D eigenvalue weighted by molar-refractivity contribution is 7.76. The van der Waals surface area contributed by atoms with Gasteiger partial charge in [-0.2, -0.15) is 0 Å². The first-order valence-corrected chi connectivity index (χ1v) is 10.5. The second-order valence-electron chi connectivity index (χ2n) is 6.47. The van der Waals surface area contributed by atoms with Gasteiger partial charge in [-0.05, 0) is 37.7 Å². The minimum Gasteiger partial charge on any atom is -0.0803 e. The summed E-state index contributed by atoms with van der Waals surface area (Å²) in [7, 11) is -0.761. The normalized spacial score (nSPS) is 32.7. The van der Waals surface area contributed by atoms with Gasteiger partial charge in [0.15, 0.2) is 0 Å². The molecule has 1 saturated carbocycles. The molecule has 0 bridgehead atoms. The molecule has 0 N–H and O–H groups in total. The zero-order chi connectivity index (χ0) is 13.2. The van der Waals surface area contributed by atoms with Crippen LogP contribution in [0.25, 0.3) is 0 Å². The molecule has 0 nitrogen and oxygen atoms in total.